The first kappa shape index (κ1) is 20.2. The molecule has 3 amide bonds. The number of likely N-dealkylation sites (tertiary alicyclic amines) is 1. The van der Waals surface area contributed by atoms with E-state index in [4.69, 9.17) is 11.6 Å². The van der Waals surface area contributed by atoms with Crippen molar-refractivity contribution < 1.29 is 9.59 Å². The van der Waals surface area contributed by atoms with Crippen LogP contribution in [0.25, 0.3) is 0 Å². The first-order chi connectivity index (χ1) is 14.6. The van der Waals surface area contributed by atoms with Crippen LogP contribution in [0.5, 0.6) is 0 Å². The van der Waals surface area contributed by atoms with Crippen molar-refractivity contribution in [2.45, 2.75) is 25.3 Å². The van der Waals surface area contributed by atoms with Crippen LogP contribution in [0.15, 0.2) is 48.8 Å². The molecule has 1 aromatic carbocycles. The number of pyridine rings is 1. The van der Waals surface area contributed by atoms with Crippen molar-refractivity contribution in [2.24, 2.45) is 0 Å². The van der Waals surface area contributed by atoms with Crippen molar-refractivity contribution in [1.82, 2.24) is 19.5 Å². The van der Waals surface area contributed by atoms with Crippen LogP contribution in [0.2, 0.25) is 5.02 Å². The lowest BCUT2D eigenvalue weighted by molar-refractivity contribution is 0.0606. The van der Waals surface area contributed by atoms with Crippen molar-refractivity contribution in [3.63, 3.8) is 0 Å². The number of hydrogen-bond acceptors (Lipinski definition) is 6. The number of anilines is 2. The highest BCUT2D eigenvalue weighted by Gasteiger charge is 2.32. The van der Waals surface area contributed by atoms with Gasteiger partial charge in [-0.1, -0.05) is 34.3 Å². The predicted molar refractivity (Wildman–Crippen MR) is 116 cm³/mol. The summed E-state index contributed by atoms with van der Waals surface area (Å²) in [5.41, 5.74) is 1.58. The molecule has 4 rings (SSSR count). The van der Waals surface area contributed by atoms with Crippen LogP contribution in [0.1, 0.15) is 41.4 Å². The van der Waals surface area contributed by atoms with Crippen LogP contribution in [0.3, 0.4) is 0 Å². The lowest BCUT2D eigenvalue weighted by Gasteiger charge is -2.35. The molecule has 0 spiro atoms. The predicted octanol–water partition coefficient (Wildman–Crippen LogP) is 4.60. The maximum atomic E-state index is 13.3. The number of carbonyl (C=O) groups is 2. The SMILES string of the molecule is O=C(Nc1ccccc1Cl)Nc1snnc1C(=O)N1CCCC[C@H]1c1cccnc1. The third kappa shape index (κ3) is 4.42. The first-order valence-corrected chi connectivity index (χ1v) is 10.6. The Labute approximate surface area is 182 Å². The van der Waals surface area contributed by atoms with E-state index in [1.165, 1.54) is 0 Å². The van der Waals surface area contributed by atoms with E-state index in [1.807, 2.05) is 12.1 Å². The fourth-order valence-electron chi connectivity index (χ4n) is 3.46. The van der Waals surface area contributed by atoms with E-state index in [9.17, 15) is 9.59 Å². The van der Waals surface area contributed by atoms with E-state index in [0.29, 0.717) is 22.3 Å². The fraction of sp³-hybridized carbons (Fsp3) is 0.250. The summed E-state index contributed by atoms with van der Waals surface area (Å²) in [7, 11) is 0. The minimum atomic E-state index is -0.523. The smallest absolute Gasteiger partial charge is 0.324 e. The van der Waals surface area contributed by atoms with Crippen LogP contribution in [0, 0.1) is 0 Å². The Kier molecular flexibility index (Phi) is 6.20. The number of hydrogen-bond donors (Lipinski definition) is 2. The lowest BCUT2D eigenvalue weighted by Crippen LogP contribution is -2.39. The van der Waals surface area contributed by atoms with E-state index < -0.39 is 6.03 Å². The van der Waals surface area contributed by atoms with Gasteiger partial charge in [-0.05, 0) is 43.0 Å². The lowest BCUT2D eigenvalue weighted by atomic mass is 9.96. The van der Waals surface area contributed by atoms with Crippen molar-refractivity contribution in [1.29, 1.82) is 0 Å². The molecule has 30 heavy (non-hydrogen) atoms. The third-order valence-electron chi connectivity index (χ3n) is 4.87. The van der Waals surface area contributed by atoms with Gasteiger partial charge in [-0.15, -0.1) is 5.10 Å². The summed E-state index contributed by atoms with van der Waals surface area (Å²) in [5, 5.41) is 10.0. The molecule has 1 atom stereocenters. The van der Waals surface area contributed by atoms with Gasteiger partial charge in [0, 0.05) is 30.5 Å². The number of nitrogens with zero attached hydrogens (tertiary/aromatic N) is 4. The largest absolute Gasteiger partial charge is 0.330 e. The zero-order valence-corrected chi connectivity index (χ0v) is 17.5. The quantitative estimate of drug-likeness (QED) is 0.615. The molecular weight excluding hydrogens is 424 g/mol. The number of aromatic nitrogens is 3. The summed E-state index contributed by atoms with van der Waals surface area (Å²) >= 11 is 7.03. The van der Waals surface area contributed by atoms with Gasteiger partial charge in [-0.3, -0.25) is 15.1 Å². The summed E-state index contributed by atoms with van der Waals surface area (Å²) in [6.45, 7) is 0.612. The highest BCUT2D eigenvalue weighted by Crippen LogP contribution is 2.33. The van der Waals surface area contributed by atoms with Gasteiger partial charge in [-0.25, -0.2) is 4.79 Å². The fourth-order valence-corrected chi connectivity index (χ4v) is 4.20. The number of amides is 3. The Balaban J connectivity index is 1.51. The molecule has 0 aliphatic carbocycles. The molecule has 2 N–H and O–H groups in total. The Bertz CT molecular complexity index is 1040. The van der Waals surface area contributed by atoms with E-state index in [0.717, 1.165) is 36.4 Å². The highest BCUT2D eigenvalue weighted by molar-refractivity contribution is 7.10. The molecule has 8 nitrogen and oxygen atoms in total. The number of rotatable bonds is 4. The van der Waals surface area contributed by atoms with Crippen molar-refractivity contribution in [3.05, 3.63) is 65.1 Å². The topological polar surface area (TPSA) is 100 Å². The molecule has 3 heterocycles. The van der Waals surface area contributed by atoms with Crippen molar-refractivity contribution >= 4 is 45.8 Å². The van der Waals surface area contributed by atoms with Gasteiger partial charge in [0.15, 0.2) is 10.7 Å². The van der Waals surface area contributed by atoms with Crippen LogP contribution in [0.4, 0.5) is 15.5 Å². The average molecular weight is 443 g/mol. The molecule has 1 saturated heterocycles. The standard InChI is InChI=1S/C20H19ClN6O2S/c21-14-7-1-2-8-15(14)23-20(29)24-18-17(25-26-30-18)19(28)27-11-4-3-9-16(27)13-6-5-10-22-12-13/h1-2,5-8,10,12,16H,3-4,9,11H2,(H2,23,24,29)/t16-/m0/s1. The molecule has 3 aromatic rings. The molecule has 1 aliphatic rings. The maximum Gasteiger partial charge on any atom is 0.324 e. The minimum Gasteiger partial charge on any atom is -0.330 e. The number of carbonyl (C=O) groups excluding carboxylic acids is 2. The number of para-hydroxylation sites is 1. The van der Waals surface area contributed by atoms with Gasteiger partial charge in [-0.2, -0.15) is 0 Å². The zero-order valence-electron chi connectivity index (χ0n) is 15.9. The normalized spacial score (nSPS) is 16.2. The minimum absolute atomic E-state index is 0.0774. The number of piperidine rings is 1. The zero-order chi connectivity index (χ0) is 20.9. The summed E-state index contributed by atoms with van der Waals surface area (Å²) in [6.07, 6.45) is 6.29. The van der Waals surface area contributed by atoms with Crippen LogP contribution in [-0.4, -0.2) is 38.0 Å². The van der Waals surface area contributed by atoms with Gasteiger partial charge < -0.3 is 10.2 Å². The number of urea groups is 1. The molecule has 0 bridgehead atoms. The van der Waals surface area contributed by atoms with Crippen molar-refractivity contribution in [3.8, 4) is 0 Å². The molecule has 154 valence electrons. The Morgan fingerprint density at radius 3 is 2.80 bits per heavy atom. The van der Waals surface area contributed by atoms with E-state index in [2.05, 4.69) is 25.2 Å². The van der Waals surface area contributed by atoms with E-state index >= 15 is 0 Å². The molecule has 1 fully saturated rings. The Hall–Kier alpha value is -3.04. The van der Waals surface area contributed by atoms with E-state index in [1.54, 1.807) is 41.6 Å². The summed E-state index contributed by atoms with van der Waals surface area (Å²) in [6, 6.07) is 10.1. The summed E-state index contributed by atoms with van der Waals surface area (Å²) < 4.78 is 3.88. The first-order valence-electron chi connectivity index (χ1n) is 9.49. The molecule has 0 saturated carbocycles. The van der Waals surface area contributed by atoms with Crippen LogP contribution >= 0.6 is 23.1 Å². The van der Waals surface area contributed by atoms with Gasteiger partial charge in [0.2, 0.25) is 0 Å². The molecule has 2 aromatic heterocycles. The van der Waals surface area contributed by atoms with Gasteiger partial charge >= 0.3 is 6.03 Å². The van der Waals surface area contributed by atoms with Gasteiger partial charge in [0.05, 0.1) is 16.8 Å². The van der Waals surface area contributed by atoms with Gasteiger partial charge in [0.25, 0.3) is 5.91 Å². The number of benzene rings is 1. The van der Waals surface area contributed by atoms with Crippen LogP contribution < -0.4 is 10.6 Å². The molecular formula is C20H19ClN6O2S. The van der Waals surface area contributed by atoms with E-state index in [-0.39, 0.29) is 17.6 Å². The second kappa shape index (κ2) is 9.19. The third-order valence-corrected chi connectivity index (χ3v) is 5.84. The number of nitrogens with one attached hydrogen (secondary N) is 2. The second-order valence-corrected chi connectivity index (χ2v) is 7.97. The second-order valence-electron chi connectivity index (χ2n) is 6.81. The Morgan fingerprint density at radius 2 is 2.00 bits per heavy atom. The molecule has 0 radical (unpaired) electrons. The summed E-state index contributed by atoms with van der Waals surface area (Å²) in [5.74, 6) is -0.259. The highest BCUT2D eigenvalue weighted by atomic mass is 35.5. The Morgan fingerprint density at radius 1 is 1.13 bits per heavy atom. The maximum absolute atomic E-state index is 13.3. The molecule has 1 aliphatic heterocycles. The van der Waals surface area contributed by atoms with Crippen molar-refractivity contribution in [2.75, 3.05) is 17.2 Å². The average Bonchev–Trinajstić information content (AvgIpc) is 3.23. The summed E-state index contributed by atoms with van der Waals surface area (Å²) in [4.78, 5) is 31.6. The monoisotopic (exact) mass is 442 g/mol. The van der Waals surface area contributed by atoms with Gasteiger partial charge in [0.1, 0.15) is 0 Å². The number of halogens is 1. The van der Waals surface area contributed by atoms with Crippen LogP contribution in [-0.2, 0) is 0 Å². The molecule has 10 heteroatoms. The molecule has 0 unspecified atom stereocenters.